The van der Waals surface area contributed by atoms with Crippen LogP contribution in [0.25, 0.3) is 0 Å². The first-order valence-corrected chi connectivity index (χ1v) is 6.47. The van der Waals surface area contributed by atoms with E-state index in [9.17, 15) is 4.79 Å². The second-order valence-electron chi connectivity index (χ2n) is 6.02. The minimum Gasteiger partial charge on any atom is -0.341 e. The minimum atomic E-state index is -0.327. The first-order valence-electron chi connectivity index (χ1n) is 6.47. The van der Waals surface area contributed by atoms with Gasteiger partial charge in [0.05, 0.1) is 5.92 Å². The van der Waals surface area contributed by atoms with Gasteiger partial charge >= 0.3 is 0 Å². The van der Waals surface area contributed by atoms with Crippen LogP contribution in [0.3, 0.4) is 0 Å². The van der Waals surface area contributed by atoms with E-state index in [0.717, 1.165) is 19.4 Å². The van der Waals surface area contributed by atoms with Crippen molar-refractivity contribution >= 4 is 5.91 Å². The Labute approximate surface area is 108 Å². The lowest BCUT2D eigenvalue weighted by Crippen LogP contribution is -2.44. The summed E-state index contributed by atoms with van der Waals surface area (Å²) in [7, 11) is 0. The molecule has 5 heteroatoms. The van der Waals surface area contributed by atoms with Crippen molar-refractivity contribution in [3.63, 3.8) is 0 Å². The third-order valence-corrected chi connectivity index (χ3v) is 3.24. The van der Waals surface area contributed by atoms with Crippen LogP contribution in [0.5, 0.6) is 0 Å². The van der Waals surface area contributed by atoms with Crippen molar-refractivity contribution in [2.75, 3.05) is 13.1 Å². The lowest BCUT2D eigenvalue weighted by Gasteiger charge is -2.35. The molecule has 0 spiro atoms. The van der Waals surface area contributed by atoms with E-state index < -0.39 is 0 Å². The number of amides is 1. The lowest BCUT2D eigenvalue weighted by molar-refractivity contribution is -0.140. The molecular formula is C13H21N3O2. The summed E-state index contributed by atoms with van der Waals surface area (Å²) in [5.41, 5.74) is -0.327. The molecule has 1 aliphatic heterocycles. The van der Waals surface area contributed by atoms with E-state index in [1.165, 1.54) is 0 Å². The van der Waals surface area contributed by atoms with Crippen molar-refractivity contribution in [1.29, 1.82) is 0 Å². The van der Waals surface area contributed by atoms with Crippen LogP contribution >= 0.6 is 0 Å². The van der Waals surface area contributed by atoms with Gasteiger partial charge in [0, 0.05) is 18.5 Å². The summed E-state index contributed by atoms with van der Waals surface area (Å²) in [5.74, 6) is 1.71. The molecular weight excluding hydrogens is 230 g/mol. The third kappa shape index (κ3) is 2.71. The fourth-order valence-electron chi connectivity index (χ4n) is 2.32. The second-order valence-corrected chi connectivity index (χ2v) is 6.02. The van der Waals surface area contributed by atoms with E-state index in [0.29, 0.717) is 18.3 Å². The number of rotatable bonds is 1. The van der Waals surface area contributed by atoms with E-state index in [-0.39, 0.29) is 17.2 Å². The molecule has 1 amide bonds. The molecule has 0 saturated carbocycles. The number of carbonyl (C=O) groups is 1. The zero-order valence-electron chi connectivity index (χ0n) is 11.6. The van der Waals surface area contributed by atoms with Gasteiger partial charge in [0.2, 0.25) is 11.8 Å². The largest absolute Gasteiger partial charge is 0.341 e. The van der Waals surface area contributed by atoms with E-state index >= 15 is 0 Å². The Bertz CT molecular complexity index is 434. The molecule has 1 fully saturated rings. The van der Waals surface area contributed by atoms with Gasteiger partial charge in [-0.15, -0.1) is 0 Å². The lowest BCUT2D eigenvalue weighted by atomic mass is 9.91. The van der Waals surface area contributed by atoms with Gasteiger partial charge in [0.25, 0.3) is 0 Å². The summed E-state index contributed by atoms with van der Waals surface area (Å²) in [6.45, 7) is 9.20. The van der Waals surface area contributed by atoms with Crippen molar-refractivity contribution in [2.45, 2.75) is 46.5 Å². The highest BCUT2D eigenvalue weighted by molar-refractivity contribution is 5.81. The third-order valence-electron chi connectivity index (χ3n) is 3.24. The number of carbonyl (C=O) groups excluding carboxylic acids is 1. The molecule has 0 aromatic carbocycles. The van der Waals surface area contributed by atoms with Crippen LogP contribution in [-0.4, -0.2) is 34.0 Å². The standard InChI is InChI=1S/C13H21N3O2/c1-9-14-11(18-15-9)10-6-5-7-16(8-10)12(17)13(2,3)4/h10H,5-8H2,1-4H3. The van der Waals surface area contributed by atoms with Crippen molar-refractivity contribution in [1.82, 2.24) is 15.0 Å². The summed E-state index contributed by atoms with van der Waals surface area (Å²) in [6, 6.07) is 0. The van der Waals surface area contributed by atoms with E-state index in [1.54, 1.807) is 0 Å². The molecule has 18 heavy (non-hydrogen) atoms. The van der Waals surface area contributed by atoms with Crippen LogP contribution in [0.15, 0.2) is 4.52 Å². The average molecular weight is 251 g/mol. The van der Waals surface area contributed by atoms with Crippen LogP contribution in [-0.2, 0) is 4.79 Å². The maximum atomic E-state index is 12.3. The van der Waals surface area contributed by atoms with Crippen molar-refractivity contribution in [3.05, 3.63) is 11.7 Å². The Morgan fingerprint density at radius 2 is 2.17 bits per heavy atom. The maximum absolute atomic E-state index is 12.3. The molecule has 100 valence electrons. The number of aryl methyl sites for hydroxylation is 1. The van der Waals surface area contributed by atoms with Gasteiger partial charge in [-0.05, 0) is 19.8 Å². The van der Waals surface area contributed by atoms with Crippen LogP contribution in [0.2, 0.25) is 0 Å². The van der Waals surface area contributed by atoms with Crippen molar-refractivity contribution < 1.29 is 9.32 Å². The number of hydrogen-bond acceptors (Lipinski definition) is 4. The first-order chi connectivity index (χ1) is 8.38. The summed E-state index contributed by atoms with van der Waals surface area (Å²) in [6.07, 6.45) is 2.00. The summed E-state index contributed by atoms with van der Waals surface area (Å²) in [4.78, 5) is 18.5. The molecule has 1 saturated heterocycles. The van der Waals surface area contributed by atoms with Gasteiger partial charge in [-0.3, -0.25) is 4.79 Å². The molecule has 0 bridgehead atoms. The van der Waals surface area contributed by atoms with Gasteiger partial charge in [0.15, 0.2) is 5.82 Å². The Morgan fingerprint density at radius 1 is 1.44 bits per heavy atom. The second kappa shape index (κ2) is 4.71. The minimum absolute atomic E-state index is 0.186. The van der Waals surface area contributed by atoms with Gasteiger partial charge < -0.3 is 9.42 Å². The summed E-state index contributed by atoms with van der Waals surface area (Å²) >= 11 is 0. The highest BCUT2D eigenvalue weighted by atomic mass is 16.5. The fourth-order valence-corrected chi connectivity index (χ4v) is 2.32. The van der Waals surface area contributed by atoms with Gasteiger partial charge in [-0.1, -0.05) is 25.9 Å². The van der Waals surface area contributed by atoms with Gasteiger partial charge in [0.1, 0.15) is 0 Å². The summed E-state index contributed by atoms with van der Waals surface area (Å²) < 4.78 is 5.22. The molecule has 0 N–H and O–H groups in total. The molecule has 1 atom stereocenters. The normalized spacial score (nSPS) is 21.1. The maximum Gasteiger partial charge on any atom is 0.231 e. The first kappa shape index (κ1) is 13.1. The number of piperidine rings is 1. The number of hydrogen-bond donors (Lipinski definition) is 0. The zero-order valence-corrected chi connectivity index (χ0v) is 11.6. The van der Waals surface area contributed by atoms with E-state index in [2.05, 4.69) is 10.1 Å². The quantitative estimate of drug-likeness (QED) is 0.767. The van der Waals surface area contributed by atoms with Crippen LogP contribution < -0.4 is 0 Å². The molecule has 2 rings (SSSR count). The SMILES string of the molecule is Cc1noc(C2CCCN(C(=O)C(C)(C)C)C2)n1. The summed E-state index contributed by atoms with van der Waals surface area (Å²) in [5, 5.41) is 3.82. The number of nitrogens with zero attached hydrogens (tertiary/aromatic N) is 3. The molecule has 1 unspecified atom stereocenters. The number of aromatic nitrogens is 2. The average Bonchev–Trinajstić information content (AvgIpc) is 2.74. The molecule has 0 aliphatic carbocycles. The molecule has 1 aromatic rings. The van der Waals surface area contributed by atoms with Gasteiger partial charge in [-0.25, -0.2) is 0 Å². The predicted molar refractivity (Wildman–Crippen MR) is 67.0 cm³/mol. The fraction of sp³-hybridized carbons (Fsp3) is 0.769. The van der Waals surface area contributed by atoms with Crippen molar-refractivity contribution in [3.8, 4) is 0 Å². The Kier molecular flexibility index (Phi) is 3.41. The highest BCUT2D eigenvalue weighted by Gasteiger charge is 2.33. The van der Waals surface area contributed by atoms with E-state index in [4.69, 9.17) is 4.52 Å². The van der Waals surface area contributed by atoms with Crippen LogP contribution in [0.4, 0.5) is 0 Å². The molecule has 2 heterocycles. The smallest absolute Gasteiger partial charge is 0.231 e. The van der Waals surface area contributed by atoms with Crippen LogP contribution in [0.1, 0.15) is 51.2 Å². The Morgan fingerprint density at radius 3 is 2.72 bits per heavy atom. The van der Waals surface area contributed by atoms with Crippen LogP contribution in [0, 0.1) is 12.3 Å². The Balaban J connectivity index is 2.07. The highest BCUT2D eigenvalue weighted by Crippen LogP contribution is 2.28. The number of likely N-dealkylation sites (tertiary alicyclic amines) is 1. The molecule has 1 aliphatic rings. The van der Waals surface area contributed by atoms with Crippen molar-refractivity contribution in [2.24, 2.45) is 5.41 Å². The molecule has 0 radical (unpaired) electrons. The van der Waals surface area contributed by atoms with E-state index in [1.807, 2.05) is 32.6 Å². The Hall–Kier alpha value is -1.39. The molecule has 1 aromatic heterocycles. The monoisotopic (exact) mass is 251 g/mol. The predicted octanol–water partition coefficient (Wildman–Crippen LogP) is 2.13. The topological polar surface area (TPSA) is 59.2 Å². The molecule has 5 nitrogen and oxygen atoms in total. The zero-order chi connectivity index (χ0) is 13.3. The van der Waals surface area contributed by atoms with Gasteiger partial charge in [-0.2, -0.15) is 4.98 Å².